The van der Waals surface area contributed by atoms with Crippen molar-refractivity contribution in [3.8, 4) is 0 Å². The van der Waals surface area contributed by atoms with E-state index in [2.05, 4.69) is 11.6 Å². The molecule has 1 saturated carbocycles. The summed E-state index contributed by atoms with van der Waals surface area (Å²) in [4.78, 5) is 25.1. The molecular formula is C13H22N2O2S. The third-order valence-corrected chi connectivity index (χ3v) is 5.15. The maximum absolute atomic E-state index is 12.1. The fourth-order valence-corrected chi connectivity index (χ4v) is 3.92. The quantitative estimate of drug-likeness (QED) is 0.785. The lowest BCUT2D eigenvalue weighted by Crippen LogP contribution is -2.48. The number of nitrogens with zero attached hydrogens (tertiary/aromatic N) is 1. The summed E-state index contributed by atoms with van der Waals surface area (Å²) in [7, 11) is 0. The molecule has 0 bridgehead atoms. The standard InChI is InChI=1S/C13H22N2O2S/c1-3-15-12(16)8-10(13(15)17)14-9-6-4-5-7-11(9)18-2/h9-11,14H,3-8H2,1-2H3. The highest BCUT2D eigenvalue weighted by Gasteiger charge is 2.39. The lowest BCUT2D eigenvalue weighted by molar-refractivity contribution is -0.138. The first-order valence-electron chi connectivity index (χ1n) is 6.80. The number of likely N-dealkylation sites (N-methyl/N-ethyl adjacent to an activating group) is 1. The van der Waals surface area contributed by atoms with Crippen molar-refractivity contribution in [2.75, 3.05) is 12.8 Å². The van der Waals surface area contributed by atoms with Crippen LogP contribution in [0.15, 0.2) is 0 Å². The number of hydrogen-bond acceptors (Lipinski definition) is 4. The van der Waals surface area contributed by atoms with Crippen LogP contribution in [0.2, 0.25) is 0 Å². The van der Waals surface area contributed by atoms with E-state index >= 15 is 0 Å². The van der Waals surface area contributed by atoms with Crippen molar-refractivity contribution in [2.24, 2.45) is 0 Å². The molecule has 18 heavy (non-hydrogen) atoms. The second-order valence-electron chi connectivity index (χ2n) is 5.06. The minimum Gasteiger partial charge on any atom is -0.302 e. The van der Waals surface area contributed by atoms with Gasteiger partial charge in [-0.05, 0) is 26.0 Å². The molecule has 3 atom stereocenters. The molecule has 1 N–H and O–H groups in total. The van der Waals surface area contributed by atoms with E-state index in [0.29, 0.717) is 24.3 Å². The minimum absolute atomic E-state index is 0.0310. The van der Waals surface area contributed by atoms with E-state index in [9.17, 15) is 9.59 Å². The Morgan fingerprint density at radius 3 is 2.67 bits per heavy atom. The second kappa shape index (κ2) is 6.06. The Kier molecular flexibility index (Phi) is 4.67. The third-order valence-electron chi connectivity index (χ3n) is 3.98. The smallest absolute Gasteiger partial charge is 0.246 e. The normalized spacial score (nSPS) is 33.2. The summed E-state index contributed by atoms with van der Waals surface area (Å²) >= 11 is 1.87. The molecule has 5 heteroatoms. The number of nitrogens with one attached hydrogen (secondary N) is 1. The molecule has 2 amide bonds. The van der Waals surface area contributed by atoms with E-state index in [1.807, 2.05) is 18.7 Å². The Hall–Kier alpha value is -0.550. The van der Waals surface area contributed by atoms with Gasteiger partial charge in [0.1, 0.15) is 0 Å². The van der Waals surface area contributed by atoms with Gasteiger partial charge in [-0.1, -0.05) is 12.8 Å². The van der Waals surface area contributed by atoms with Crippen LogP contribution < -0.4 is 5.32 Å². The summed E-state index contributed by atoms with van der Waals surface area (Å²) in [6.45, 7) is 2.34. The number of likely N-dealkylation sites (tertiary alicyclic amines) is 1. The maximum atomic E-state index is 12.1. The summed E-state index contributed by atoms with van der Waals surface area (Å²) in [6.07, 6.45) is 7.30. The Morgan fingerprint density at radius 1 is 1.33 bits per heavy atom. The number of hydrogen-bond donors (Lipinski definition) is 1. The van der Waals surface area contributed by atoms with E-state index < -0.39 is 0 Å². The van der Waals surface area contributed by atoms with Crippen LogP contribution in [0.4, 0.5) is 0 Å². The third kappa shape index (κ3) is 2.72. The minimum atomic E-state index is -0.282. The molecule has 0 aromatic heterocycles. The van der Waals surface area contributed by atoms with Crippen LogP contribution in [0, 0.1) is 0 Å². The average molecular weight is 270 g/mol. The van der Waals surface area contributed by atoms with Gasteiger partial charge in [0.15, 0.2) is 0 Å². The summed E-state index contributed by atoms with van der Waals surface area (Å²) in [6, 6.07) is 0.0995. The molecule has 0 radical (unpaired) electrons. The van der Waals surface area contributed by atoms with Gasteiger partial charge in [-0.3, -0.25) is 14.5 Å². The fraction of sp³-hybridized carbons (Fsp3) is 0.846. The van der Waals surface area contributed by atoms with Crippen LogP contribution in [0.3, 0.4) is 0 Å². The van der Waals surface area contributed by atoms with Gasteiger partial charge in [0.25, 0.3) is 0 Å². The molecule has 0 aromatic rings. The Labute approximate surface area is 113 Å². The number of thioether (sulfide) groups is 1. The molecule has 1 aliphatic heterocycles. The first kappa shape index (κ1) is 13.9. The van der Waals surface area contributed by atoms with Crippen LogP contribution in [0.1, 0.15) is 39.0 Å². The predicted molar refractivity (Wildman–Crippen MR) is 73.5 cm³/mol. The van der Waals surface area contributed by atoms with E-state index in [1.165, 1.54) is 24.2 Å². The van der Waals surface area contributed by atoms with Crippen LogP contribution in [0.25, 0.3) is 0 Å². The van der Waals surface area contributed by atoms with E-state index in [1.54, 1.807) is 0 Å². The first-order valence-corrected chi connectivity index (χ1v) is 8.09. The Balaban J connectivity index is 1.97. The monoisotopic (exact) mass is 270 g/mol. The van der Waals surface area contributed by atoms with Crippen molar-refractivity contribution >= 4 is 23.6 Å². The number of rotatable bonds is 4. The lowest BCUT2D eigenvalue weighted by atomic mass is 9.94. The topological polar surface area (TPSA) is 49.4 Å². The molecule has 2 aliphatic rings. The lowest BCUT2D eigenvalue weighted by Gasteiger charge is -2.32. The van der Waals surface area contributed by atoms with Gasteiger partial charge in [0.05, 0.1) is 12.5 Å². The summed E-state index contributed by atoms with van der Waals surface area (Å²) in [5.74, 6) is -0.0653. The fourth-order valence-electron chi connectivity index (χ4n) is 2.97. The molecular weight excluding hydrogens is 248 g/mol. The molecule has 0 aromatic carbocycles. The van der Waals surface area contributed by atoms with Crippen molar-refractivity contribution in [3.05, 3.63) is 0 Å². The van der Waals surface area contributed by atoms with Gasteiger partial charge in [-0.2, -0.15) is 11.8 Å². The predicted octanol–water partition coefficient (Wildman–Crippen LogP) is 1.40. The molecule has 1 saturated heterocycles. The van der Waals surface area contributed by atoms with Crippen LogP contribution >= 0.6 is 11.8 Å². The highest BCUT2D eigenvalue weighted by Crippen LogP contribution is 2.28. The average Bonchev–Trinajstić information content (AvgIpc) is 2.65. The summed E-state index contributed by atoms with van der Waals surface area (Å²) < 4.78 is 0. The van der Waals surface area contributed by atoms with Crippen molar-refractivity contribution in [2.45, 2.75) is 56.4 Å². The van der Waals surface area contributed by atoms with E-state index in [-0.39, 0.29) is 17.9 Å². The van der Waals surface area contributed by atoms with Gasteiger partial charge in [0, 0.05) is 17.8 Å². The summed E-state index contributed by atoms with van der Waals surface area (Å²) in [5.41, 5.74) is 0. The molecule has 1 heterocycles. The first-order chi connectivity index (χ1) is 8.67. The molecule has 1 aliphatic carbocycles. The van der Waals surface area contributed by atoms with Crippen molar-refractivity contribution in [3.63, 3.8) is 0 Å². The van der Waals surface area contributed by atoms with Crippen molar-refractivity contribution < 1.29 is 9.59 Å². The van der Waals surface area contributed by atoms with Crippen LogP contribution in [0.5, 0.6) is 0 Å². The Bertz CT molecular complexity index is 335. The second-order valence-corrected chi connectivity index (χ2v) is 6.14. The van der Waals surface area contributed by atoms with Gasteiger partial charge in [0.2, 0.25) is 11.8 Å². The molecule has 2 rings (SSSR count). The van der Waals surface area contributed by atoms with Crippen LogP contribution in [-0.2, 0) is 9.59 Å². The van der Waals surface area contributed by atoms with Crippen molar-refractivity contribution in [1.29, 1.82) is 0 Å². The Morgan fingerprint density at radius 2 is 2.06 bits per heavy atom. The van der Waals surface area contributed by atoms with Crippen LogP contribution in [-0.4, -0.2) is 46.8 Å². The van der Waals surface area contributed by atoms with Gasteiger partial charge in [-0.25, -0.2) is 0 Å². The zero-order valence-corrected chi connectivity index (χ0v) is 12.0. The van der Waals surface area contributed by atoms with Gasteiger partial charge < -0.3 is 5.32 Å². The van der Waals surface area contributed by atoms with Gasteiger partial charge >= 0.3 is 0 Å². The number of carbonyl (C=O) groups excluding carboxylic acids is 2. The highest BCUT2D eigenvalue weighted by molar-refractivity contribution is 7.99. The molecule has 102 valence electrons. The molecule has 0 spiro atoms. The number of carbonyl (C=O) groups is 2. The highest BCUT2D eigenvalue weighted by atomic mass is 32.2. The largest absolute Gasteiger partial charge is 0.302 e. The summed E-state index contributed by atoms with van der Waals surface area (Å²) in [5, 5.41) is 4.01. The SMILES string of the molecule is CCN1C(=O)CC(NC2CCCCC2SC)C1=O. The maximum Gasteiger partial charge on any atom is 0.246 e. The number of amides is 2. The number of imide groups is 1. The molecule has 2 fully saturated rings. The zero-order valence-electron chi connectivity index (χ0n) is 11.1. The zero-order chi connectivity index (χ0) is 13.1. The van der Waals surface area contributed by atoms with E-state index in [0.717, 1.165) is 6.42 Å². The van der Waals surface area contributed by atoms with Gasteiger partial charge in [-0.15, -0.1) is 0 Å². The molecule has 4 nitrogen and oxygen atoms in total. The van der Waals surface area contributed by atoms with Crippen molar-refractivity contribution in [1.82, 2.24) is 10.2 Å². The molecule has 3 unspecified atom stereocenters. The van der Waals surface area contributed by atoms with E-state index in [4.69, 9.17) is 0 Å².